The van der Waals surface area contributed by atoms with Gasteiger partial charge in [0, 0.05) is 21.5 Å². The van der Waals surface area contributed by atoms with Crippen LogP contribution in [-0.4, -0.2) is 29.9 Å². The largest absolute Gasteiger partial charge is 0.495 e. The summed E-state index contributed by atoms with van der Waals surface area (Å²) in [5.74, 6) is -0.188. The Kier molecular flexibility index (Phi) is 6.13. The van der Waals surface area contributed by atoms with Crippen LogP contribution in [0, 0.1) is 0 Å². The predicted octanol–water partition coefficient (Wildman–Crippen LogP) is 6.27. The van der Waals surface area contributed by atoms with Gasteiger partial charge in [0.1, 0.15) is 5.75 Å². The molecule has 5 nitrogen and oxygen atoms in total. The van der Waals surface area contributed by atoms with Crippen molar-refractivity contribution in [1.29, 1.82) is 0 Å². The quantitative estimate of drug-likeness (QED) is 0.468. The van der Waals surface area contributed by atoms with E-state index in [1.54, 1.807) is 36.6 Å². The number of halogens is 1. The SMILES string of the molecule is COc1ccc(Cl)cc1NC(=O)[C@@H]1c2ccccc2C(=O)N(C2CCCC2)[C@H]1c1cccs1. The Balaban J connectivity index is 1.62. The van der Waals surface area contributed by atoms with Gasteiger partial charge in [0.25, 0.3) is 5.91 Å². The molecular formula is C26H25ClN2O3S. The summed E-state index contributed by atoms with van der Waals surface area (Å²) >= 11 is 7.79. The van der Waals surface area contributed by atoms with Gasteiger partial charge in [-0.2, -0.15) is 0 Å². The first kappa shape index (κ1) is 22.0. The summed E-state index contributed by atoms with van der Waals surface area (Å²) in [5, 5.41) is 5.56. The second-order valence-corrected chi connectivity index (χ2v) is 9.93. The smallest absolute Gasteiger partial charge is 0.254 e. The zero-order chi connectivity index (χ0) is 22.9. The van der Waals surface area contributed by atoms with Crippen LogP contribution >= 0.6 is 22.9 Å². The molecule has 170 valence electrons. The lowest BCUT2D eigenvalue weighted by molar-refractivity contribution is -0.119. The number of fused-ring (bicyclic) bond motifs is 1. The molecule has 1 saturated carbocycles. The molecule has 5 rings (SSSR count). The fraction of sp³-hybridized carbons (Fsp3) is 0.308. The van der Waals surface area contributed by atoms with Gasteiger partial charge in [0.2, 0.25) is 5.91 Å². The van der Waals surface area contributed by atoms with Crippen molar-refractivity contribution in [3.63, 3.8) is 0 Å². The number of amides is 2. The van der Waals surface area contributed by atoms with Crippen molar-refractivity contribution in [2.75, 3.05) is 12.4 Å². The second kappa shape index (κ2) is 9.20. The zero-order valence-electron chi connectivity index (χ0n) is 18.3. The maximum atomic E-state index is 13.9. The third-order valence-electron chi connectivity index (χ3n) is 6.63. The lowest BCUT2D eigenvalue weighted by Crippen LogP contribution is -2.49. The number of benzene rings is 2. The molecule has 7 heteroatoms. The van der Waals surface area contributed by atoms with Crippen molar-refractivity contribution in [3.8, 4) is 5.75 Å². The summed E-state index contributed by atoms with van der Waals surface area (Å²) in [6, 6.07) is 16.4. The van der Waals surface area contributed by atoms with E-state index in [4.69, 9.17) is 16.3 Å². The second-order valence-electron chi connectivity index (χ2n) is 8.51. The van der Waals surface area contributed by atoms with E-state index in [1.165, 1.54) is 0 Å². The number of hydrogen-bond acceptors (Lipinski definition) is 4. The van der Waals surface area contributed by atoms with Crippen LogP contribution in [0.15, 0.2) is 60.0 Å². The Hall–Kier alpha value is -2.83. The molecule has 0 bridgehead atoms. The summed E-state index contributed by atoms with van der Waals surface area (Å²) in [5.41, 5.74) is 1.88. The molecule has 2 aliphatic rings. The lowest BCUT2D eigenvalue weighted by Gasteiger charge is -2.44. The van der Waals surface area contributed by atoms with E-state index in [0.717, 1.165) is 36.1 Å². The van der Waals surface area contributed by atoms with Crippen LogP contribution < -0.4 is 10.1 Å². The third kappa shape index (κ3) is 4.02. The summed E-state index contributed by atoms with van der Waals surface area (Å²) < 4.78 is 5.44. The highest BCUT2D eigenvalue weighted by molar-refractivity contribution is 7.10. The molecule has 2 atom stereocenters. The summed E-state index contributed by atoms with van der Waals surface area (Å²) in [7, 11) is 1.56. The molecule has 1 fully saturated rings. The van der Waals surface area contributed by atoms with Crippen molar-refractivity contribution in [2.24, 2.45) is 0 Å². The maximum absolute atomic E-state index is 13.9. The van der Waals surface area contributed by atoms with E-state index in [9.17, 15) is 9.59 Å². The number of carbonyl (C=O) groups excluding carboxylic acids is 2. The van der Waals surface area contributed by atoms with Gasteiger partial charge in [-0.25, -0.2) is 0 Å². The molecule has 1 aromatic heterocycles. The first-order valence-electron chi connectivity index (χ1n) is 11.2. The average Bonchev–Trinajstić information content (AvgIpc) is 3.53. The number of nitrogens with zero attached hydrogens (tertiary/aromatic N) is 1. The van der Waals surface area contributed by atoms with E-state index in [0.29, 0.717) is 22.0 Å². The number of rotatable bonds is 5. The van der Waals surface area contributed by atoms with Gasteiger partial charge in [-0.15, -0.1) is 11.3 Å². The first-order chi connectivity index (χ1) is 16.1. The highest BCUT2D eigenvalue weighted by Crippen LogP contribution is 2.47. The van der Waals surface area contributed by atoms with Crippen LogP contribution in [0.3, 0.4) is 0 Å². The van der Waals surface area contributed by atoms with Gasteiger partial charge in [-0.1, -0.05) is 48.7 Å². The number of thiophene rings is 1. The maximum Gasteiger partial charge on any atom is 0.254 e. The molecule has 0 spiro atoms. The van der Waals surface area contributed by atoms with E-state index in [1.807, 2.05) is 46.7 Å². The van der Waals surface area contributed by atoms with Crippen molar-refractivity contribution < 1.29 is 14.3 Å². The topological polar surface area (TPSA) is 58.6 Å². The normalized spacial score (nSPS) is 20.5. The van der Waals surface area contributed by atoms with Crippen LogP contribution in [0.25, 0.3) is 0 Å². The van der Waals surface area contributed by atoms with Crippen molar-refractivity contribution >= 4 is 40.4 Å². The Bertz CT molecular complexity index is 1170. The number of ether oxygens (including phenoxy) is 1. The zero-order valence-corrected chi connectivity index (χ0v) is 19.9. The minimum absolute atomic E-state index is 0.0142. The Labute approximate surface area is 202 Å². The molecule has 3 aromatic rings. The highest BCUT2D eigenvalue weighted by Gasteiger charge is 2.47. The number of methoxy groups -OCH3 is 1. The fourth-order valence-electron chi connectivity index (χ4n) is 5.17. The molecule has 1 aliphatic heterocycles. The summed E-state index contributed by atoms with van der Waals surface area (Å²) in [6.07, 6.45) is 4.13. The van der Waals surface area contributed by atoms with Gasteiger partial charge < -0.3 is 15.0 Å². The van der Waals surface area contributed by atoms with Gasteiger partial charge in [0.05, 0.1) is 24.8 Å². The number of hydrogen-bond donors (Lipinski definition) is 1. The number of nitrogens with one attached hydrogen (secondary N) is 1. The molecule has 2 heterocycles. The van der Waals surface area contributed by atoms with Gasteiger partial charge in [-0.05, 0) is 54.1 Å². The van der Waals surface area contributed by atoms with E-state index in [2.05, 4.69) is 5.32 Å². The van der Waals surface area contributed by atoms with Crippen molar-refractivity contribution in [1.82, 2.24) is 4.90 Å². The van der Waals surface area contributed by atoms with Crippen LogP contribution in [0.4, 0.5) is 5.69 Å². The fourth-order valence-corrected chi connectivity index (χ4v) is 6.20. The number of anilines is 1. The van der Waals surface area contributed by atoms with Gasteiger partial charge in [-0.3, -0.25) is 9.59 Å². The molecule has 0 saturated heterocycles. The standard InChI is InChI=1S/C26H25ClN2O3S/c1-32-21-13-12-16(27)15-20(21)28-25(30)23-18-9-4-5-10-19(18)26(31)29(17-7-2-3-8-17)24(23)22-11-6-14-33-22/h4-6,9-15,17,23-24H,2-3,7-8H2,1H3,(H,28,30)/t23-,24+/m1/s1. The van der Waals surface area contributed by atoms with Crippen LogP contribution in [-0.2, 0) is 4.79 Å². The molecule has 1 aliphatic carbocycles. The molecule has 0 unspecified atom stereocenters. The highest BCUT2D eigenvalue weighted by atomic mass is 35.5. The van der Waals surface area contributed by atoms with E-state index in [-0.39, 0.29) is 23.9 Å². The lowest BCUT2D eigenvalue weighted by atomic mass is 9.80. The van der Waals surface area contributed by atoms with E-state index < -0.39 is 5.92 Å². The Morgan fingerprint density at radius 1 is 1.12 bits per heavy atom. The minimum Gasteiger partial charge on any atom is -0.495 e. The molecule has 2 amide bonds. The van der Waals surface area contributed by atoms with Crippen LogP contribution in [0.2, 0.25) is 5.02 Å². The molecule has 33 heavy (non-hydrogen) atoms. The summed E-state index contributed by atoms with van der Waals surface area (Å²) in [6.45, 7) is 0. The third-order valence-corrected chi connectivity index (χ3v) is 7.81. The van der Waals surface area contributed by atoms with Crippen molar-refractivity contribution in [2.45, 2.75) is 43.7 Å². The van der Waals surface area contributed by atoms with Crippen LogP contribution in [0.1, 0.15) is 58.4 Å². The van der Waals surface area contributed by atoms with Crippen molar-refractivity contribution in [3.05, 3.63) is 81.0 Å². The summed E-state index contributed by atoms with van der Waals surface area (Å²) in [4.78, 5) is 30.7. The average molecular weight is 481 g/mol. The molecule has 2 aromatic carbocycles. The molecular weight excluding hydrogens is 456 g/mol. The van der Waals surface area contributed by atoms with Gasteiger partial charge >= 0.3 is 0 Å². The minimum atomic E-state index is -0.554. The molecule has 0 radical (unpaired) electrons. The van der Waals surface area contributed by atoms with Gasteiger partial charge in [0.15, 0.2) is 0 Å². The predicted molar refractivity (Wildman–Crippen MR) is 131 cm³/mol. The monoisotopic (exact) mass is 480 g/mol. The first-order valence-corrected chi connectivity index (χ1v) is 12.4. The Morgan fingerprint density at radius 2 is 1.91 bits per heavy atom. The van der Waals surface area contributed by atoms with Crippen LogP contribution in [0.5, 0.6) is 5.75 Å². The Morgan fingerprint density at radius 3 is 2.64 bits per heavy atom. The molecule has 1 N–H and O–H groups in total. The number of carbonyl (C=O) groups is 2. The van der Waals surface area contributed by atoms with E-state index >= 15 is 0 Å².